The molecule has 0 saturated carbocycles. The molecule has 0 bridgehead atoms. The zero-order chi connectivity index (χ0) is 13.8. The van der Waals surface area contributed by atoms with E-state index in [1.165, 1.54) is 0 Å². The highest BCUT2D eigenvalue weighted by Crippen LogP contribution is 2.04. The van der Waals surface area contributed by atoms with Gasteiger partial charge in [-0.05, 0) is 40.4 Å². The molecule has 1 aliphatic rings. The van der Waals surface area contributed by atoms with Crippen LogP contribution in [0.3, 0.4) is 0 Å². The third kappa shape index (κ3) is 10.00. The van der Waals surface area contributed by atoms with Crippen LogP contribution in [0.25, 0.3) is 0 Å². The van der Waals surface area contributed by atoms with Gasteiger partial charge in [-0.2, -0.15) is 0 Å². The van der Waals surface area contributed by atoms with Gasteiger partial charge in [0.25, 0.3) is 0 Å². The zero-order valence-electron chi connectivity index (χ0n) is 12.1. The van der Waals surface area contributed by atoms with Gasteiger partial charge in [0.15, 0.2) is 0 Å². The quantitative estimate of drug-likeness (QED) is 0.549. The van der Waals surface area contributed by atoms with E-state index in [1.807, 2.05) is 14.0 Å². The summed E-state index contributed by atoms with van der Waals surface area (Å²) in [6.45, 7) is 5.62. The molecule has 1 heterocycles. The molecular weight excluding hydrogens is 228 g/mol. The summed E-state index contributed by atoms with van der Waals surface area (Å²) < 4.78 is 0. The fraction of sp³-hybridized carbons (Fsp3) is 0.846. The molecule has 1 saturated heterocycles. The average molecular weight is 254 g/mol. The van der Waals surface area contributed by atoms with Crippen LogP contribution in [0.2, 0.25) is 0 Å². The Morgan fingerprint density at radius 3 is 2.50 bits per heavy atom. The van der Waals surface area contributed by atoms with E-state index in [0.717, 1.165) is 45.4 Å². The van der Waals surface area contributed by atoms with Crippen LogP contribution in [-0.4, -0.2) is 69.0 Å². The van der Waals surface area contributed by atoms with E-state index in [-0.39, 0.29) is 0 Å². The Morgan fingerprint density at radius 2 is 2.11 bits per heavy atom. The fourth-order valence-electron chi connectivity index (χ4n) is 1.42. The maximum absolute atomic E-state index is 10.5. The van der Waals surface area contributed by atoms with Crippen molar-refractivity contribution in [2.24, 2.45) is 9.98 Å². The van der Waals surface area contributed by atoms with Gasteiger partial charge >= 0.3 is 0 Å². The number of carbonyl (C=O) groups excluding carboxylic acids is 1. The molecule has 5 heteroatoms. The van der Waals surface area contributed by atoms with Crippen LogP contribution in [-0.2, 0) is 4.79 Å². The van der Waals surface area contributed by atoms with Gasteiger partial charge in [-0.15, -0.1) is 0 Å². The van der Waals surface area contributed by atoms with E-state index in [0.29, 0.717) is 5.91 Å². The fourth-order valence-corrected chi connectivity index (χ4v) is 1.42. The number of amides is 1. The molecular formula is C13H26N4O. The molecule has 104 valence electrons. The molecule has 0 unspecified atom stereocenters. The lowest BCUT2D eigenvalue weighted by atomic mass is 10.4. The highest BCUT2D eigenvalue weighted by Gasteiger charge is 2.14. The number of carbonyl (C=O) groups is 1. The van der Waals surface area contributed by atoms with Gasteiger partial charge in [-0.25, -0.2) is 9.98 Å². The van der Waals surface area contributed by atoms with Crippen molar-refractivity contribution in [1.82, 2.24) is 9.80 Å². The minimum absolute atomic E-state index is 0.292. The highest BCUT2D eigenvalue weighted by molar-refractivity contribution is 5.77. The Balaban J connectivity index is 0.000000351. The van der Waals surface area contributed by atoms with Crippen LogP contribution >= 0.6 is 0 Å². The van der Waals surface area contributed by atoms with Crippen molar-refractivity contribution in [1.29, 1.82) is 0 Å². The zero-order valence-corrected chi connectivity index (χ0v) is 12.1. The van der Waals surface area contributed by atoms with E-state index in [2.05, 4.69) is 35.0 Å². The summed E-state index contributed by atoms with van der Waals surface area (Å²) in [5.74, 6) is 0.292. The summed E-state index contributed by atoms with van der Waals surface area (Å²) in [6.07, 6.45) is 2.89. The molecule has 0 N–H and O–H groups in total. The van der Waals surface area contributed by atoms with Gasteiger partial charge in [0.05, 0.1) is 12.6 Å². The van der Waals surface area contributed by atoms with Gasteiger partial charge in [0.2, 0.25) is 5.91 Å². The molecule has 1 amide bonds. The molecule has 0 aromatic carbocycles. The lowest BCUT2D eigenvalue weighted by Crippen LogP contribution is -2.17. The van der Waals surface area contributed by atoms with Crippen molar-refractivity contribution in [3.8, 4) is 0 Å². The molecule has 0 spiro atoms. The molecule has 0 radical (unpaired) electrons. The number of rotatable bonds is 5. The Bertz CT molecular complexity index is 283. The first-order valence-corrected chi connectivity index (χ1v) is 6.54. The summed E-state index contributed by atoms with van der Waals surface area (Å²) in [7, 11) is 5.96. The Kier molecular flexibility index (Phi) is 10.2. The molecule has 0 aromatic heterocycles. The molecule has 0 aromatic rings. The van der Waals surface area contributed by atoms with Crippen molar-refractivity contribution < 1.29 is 4.79 Å². The van der Waals surface area contributed by atoms with Crippen LogP contribution in [0.5, 0.6) is 0 Å². The molecule has 1 fully saturated rings. The summed E-state index contributed by atoms with van der Waals surface area (Å²) in [5, 5.41) is 0. The smallest absolute Gasteiger partial charge is 0.222 e. The van der Waals surface area contributed by atoms with E-state index >= 15 is 0 Å². The summed E-state index contributed by atoms with van der Waals surface area (Å²) >= 11 is 0. The first-order valence-electron chi connectivity index (χ1n) is 6.54. The Morgan fingerprint density at radius 1 is 1.39 bits per heavy atom. The number of hydrogen-bond acceptors (Lipinski definition) is 4. The van der Waals surface area contributed by atoms with Crippen LogP contribution in [0.1, 0.15) is 26.2 Å². The van der Waals surface area contributed by atoms with Gasteiger partial charge in [-0.3, -0.25) is 4.79 Å². The monoisotopic (exact) mass is 254 g/mol. The SMILES string of the molecule is CCN=C=NCCCN(C)C.CN1CCCC1=O. The second-order valence-electron chi connectivity index (χ2n) is 4.53. The molecule has 1 aliphatic heterocycles. The predicted molar refractivity (Wildman–Crippen MR) is 75.3 cm³/mol. The van der Waals surface area contributed by atoms with E-state index in [9.17, 15) is 4.79 Å². The van der Waals surface area contributed by atoms with Crippen LogP contribution in [0.15, 0.2) is 9.98 Å². The molecule has 18 heavy (non-hydrogen) atoms. The second-order valence-corrected chi connectivity index (χ2v) is 4.53. The summed E-state index contributed by atoms with van der Waals surface area (Å²) in [5.41, 5.74) is 0. The topological polar surface area (TPSA) is 48.3 Å². The van der Waals surface area contributed by atoms with Gasteiger partial charge in [0, 0.05) is 26.6 Å². The molecule has 0 aliphatic carbocycles. The van der Waals surface area contributed by atoms with Crippen molar-refractivity contribution in [3.05, 3.63) is 0 Å². The Labute approximate surface area is 111 Å². The lowest BCUT2D eigenvalue weighted by Gasteiger charge is -2.05. The number of nitrogens with zero attached hydrogens (tertiary/aromatic N) is 4. The normalized spacial score (nSPS) is 14.1. The summed E-state index contributed by atoms with van der Waals surface area (Å²) in [6, 6.07) is 2.64. The minimum atomic E-state index is 0.292. The maximum Gasteiger partial charge on any atom is 0.222 e. The molecule has 1 rings (SSSR count). The van der Waals surface area contributed by atoms with Crippen molar-refractivity contribution in [2.75, 3.05) is 47.3 Å². The maximum atomic E-state index is 10.5. The first kappa shape index (κ1) is 16.8. The minimum Gasteiger partial charge on any atom is -0.346 e. The van der Waals surface area contributed by atoms with E-state index < -0.39 is 0 Å². The standard InChI is InChI=1S/C8H17N3.C5H9NO/c1-4-9-8-10-6-5-7-11(2)3;1-6-4-2-3-5(6)7/h4-7H2,1-3H3;2-4H2,1H3. The third-order valence-corrected chi connectivity index (χ3v) is 2.48. The first-order chi connectivity index (χ1) is 8.57. The Hall–Kier alpha value is -1.19. The highest BCUT2D eigenvalue weighted by atomic mass is 16.2. The van der Waals surface area contributed by atoms with Crippen molar-refractivity contribution in [2.45, 2.75) is 26.2 Å². The van der Waals surface area contributed by atoms with Crippen LogP contribution in [0.4, 0.5) is 0 Å². The molecule has 0 atom stereocenters. The van der Waals surface area contributed by atoms with E-state index in [1.54, 1.807) is 4.90 Å². The second kappa shape index (κ2) is 10.9. The lowest BCUT2D eigenvalue weighted by molar-refractivity contribution is -0.126. The predicted octanol–water partition coefficient (Wildman–Crippen LogP) is 1.37. The van der Waals surface area contributed by atoms with Crippen LogP contribution < -0.4 is 0 Å². The van der Waals surface area contributed by atoms with Crippen LogP contribution in [0, 0.1) is 0 Å². The third-order valence-electron chi connectivity index (χ3n) is 2.48. The van der Waals surface area contributed by atoms with E-state index in [4.69, 9.17) is 0 Å². The summed E-state index contributed by atoms with van der Waals surface area (Å²) in [4.78, 5) is 22.3. The van der Waals surface area contributed by atoms with Gasteiger partial charge < -0.3 is 9.80 Å². The average Bonchev–Trinajstić information content (AvgIpc) is 2.69. The van der Waals surface area contributed by atoms with Crippen molar-refractivity contribution in [3.63, 3.8) is 0 Å². The molecule has 5 nitrogen and oxygen atoms in total. The number of aliphatic imine (C=N–C) groups is 2. The number of likely N-dealkylation sites (tertiary alicyclic amines) is 1. The number of hydrogen-bond donors (Lipinski definition) is 0. The van der Waals surface area contributed by atoms with Gasteiger partial charge in [0.1, 0.15) is 0 Å². The van der Waals surface area contributed by atoms with Gasteiger partial charge in [-0.1, -0.05) is 0 Å². The largest absolute Gasteiger partial charge is 0.346 e. The van der Waals surface area contributed by atoms with Crippen molar-refractivity contribution >= 4 is 11.9 Å².